The minimum absolute atomic E-state index is 0.593. The fourth-order valence-electron chi connectivity index (χ4n) is 7.29. The number of fused-ring (bicyclic) bond motifs is 1. The maximum atomic E-state index is 5.17. The van der Waals surface area contributed by atoms with E-state index in [2.05, 4.69) is 103 Å². The molecule has 6 heteroatoms. The summed E-state index contributed by atoms with van der Waals surface area (Å²) in [5, 5.41) is 2.29. The first-order chi connectivity index (χ1) is 28.7. The van der Waals surface area contributed by atoms with Crippen LogP contribution in [0.2, 0.25) is 0 Å². The molecule has 10 rings (SSSR count). The largest absolute Gasteiger partial charge is 0.208 e. The molecule has 8 aromatic carbocycles. The summed E-state index contributed by atoms with van der Waals surface area (Å²) in [5.41, 5.74) is 9.52. The van der Waals surface area contributed by atoms with Crippen LogP contribution < -0.4 is 0 Å². The van der Waals surface area contributed by atoms with Gasteiger partial charge in [-0.15, -0.1) is 0 Å². The highest BCUT2D eigenvalue weighted by Gasteiger charge is 2.20. The lowest BCUT2D eigenvalue weighted by Gasteiger charge is -2.16. The first kappa shape index (κ1) is 34.5. The first-order valence-corrected chi connectivity index (χ1v) is 19.2. The number of aromatic nitrogens is 6. The molecular weight excluding hydrogens is 709 g/mol. The van der Waals surface area contributed by atoms with Gasteiger partial charge in [-0.25, -0.2) is 29.9 Å². The number of hydrogen-bond acceptors (Lipinski definition) is 6. The lowest BCUT2D eigenvalue weighted by Crippen LogP contribution is -2.02. The Labute approximate surface area is 336 Å². The van der Waals surface area contributed by atoms with E-state index < -0.39 is 0 Å². The molecule has 272 valence electrons. The average Bonchev–Trinajstić information content (AvgIpc) is 3.32. The van der Waals surface area contributed by atoms with E-state index in [0.717, 1.165) is 66.4 Å². The lowest BCUT2D eigenvalue weighted by molar-refractivity contribution is 1.07. The predicted octanol–water partition coefficient (Wildman–Crippen LogP) is 12.5. The van der Waals surface area contributed by atoms with Gasteiger partial charge in [-0.2, -0.15) is 0 Å². The van der Waals surface area contributed by atoms with Crippen molar-refractivity contribution in [2.24, 2.45) is 0 Å². The maximum absolute atomic E-state index is 5.17. The highest BCUT2D eigenvalue weighted by atomic mass is 15.0. The van der Waals surface area contributed by atoms with Crippen LogP contribution in [0.3, 0.4) is 0 Å². The van der Waals surface area contributed by atoms with Crippen LogP contribution in [-0.4, -0.2) is 29.9 Å². The molecule has 58 heavy (non-hydrogen) atoms. The molecule has 0 fully saturated rings. The molecule has 10 aromatic rings. The lowest BCUT2D eigenvalue weighted by atomic mass is 9.92. The van der Waals surface area contributed by atoms with Crippen LogP contribution in [-0.2, 0) is 0 Å². The molecule has 0 aliphatic carbocycles. The Morgan fingerprint density at radius 2 is 0.569 bits per heavy atom. The highest BCUT2D eigenvalue weighted by molar-refractivity contribution is 5.90. The summed E-state index contributed by atoms with van der Waals surface area (Å²) in [5.74, 6) is 3.64. The molecule has 2 aromatic heterocycles. The van der Waals surface area contributed by atoms with Crippen LogP contribution >= 0.6 is 0 Å². The monoisotopic (exact) mass is 742 g/mol. The van der Waals surface area contributed by atoms with Crippen molar-refractivity contribution in [1.29, 1.82) is 0 Å². The van der Waals surface area contributed by atoms with Gasteiger partial charge < -0.3 is 0 Å². The molecule has 0 atom stereocenters. The van der Waals surface area contributed by atoms with Crippen molar-refractivity contribution < 1.29 is 0 Å². The molecule has 0 unspecified atom stereocenters. The second kappa shape index (κ2) is 15.3. The Hall–Kier alpha value is -7.96. The summed E-state index contributed by atoms with van der Waals surface area (Å²) >= 11 is 0. The summed E-state index contributed by atoms with van der Waals surface area (Å²) in [4.78, 5) is 30.5. The fourth-order valence-corrected chi connectivity index (χ4v) is 7.29. The Morgan fingerprint density at radius 3 is 1.10 bits per heavy atom. The van der Waals surface area contributed by atoms with E-state index in [0.29, 0.717) is 34.9 Å². The van der Waals surface area contributed by atoms with E-state index in [1.54, 1.807) is 0 Å². The van der Waals surface area contributed by atoms with Gasteiger partial charge in [0.1, 0.15) is 0 Å². The Balaban J connectivity index is 1.15. The van der Waals surface area contributed by atoms with Crippen molar-refractivity contribution >= 4 is 10.8 Å². The first-order valence-electron chi connectivity index (χ1n) is 19.2. The van der Waals surface area contributed by atoms with Gasteiger partial charge in [0.25, 0.3) is 0 Å². The zero-order chi connectivity index (χ0) is 38.7. The van der Waals surface area contributed by atoms with E-state index in [1.165, 1.54) is 0 Å². The van der Waals surface area contributed by atoms with Crippen LogP contribution in [0.1, 0.15) is 0 Å². The number of hydrogen-bond donors (Lipinski definition) is 0. The van der Waals surface area contributed by atoms with Crippen molar-refractivity contribution in [2.45, 2.75) is 0 Å². The molecule has 0 N–H and O–H groups in total. The quantitative estimate of drug-likeness (QED) is 0.154. The predicted molar refractivity (Wildman–Crippen MR) is 234 cm³/mol. The molecule has 0 aliphatic rings. The zero-order valence-corrected chi connectivity index (χ0v) is 31.3. The Kier molecular flexibility index (Phi) is 9.10. The fraction of sp³-hybridized carbons (Fsp3) is 0. The summed E-state index contributed by atoms with van der Waals surface area (Å²) in [7, 11) is 0. The van der Waals surface area contributed by atoms with Gasteiger partial charge in [-0.3, -0.25) is 0 Å². The second-order valence-electron chi connectivity index (χ2n) is 13.9. The Bertz CT molecular complexity index is 2990. The second-order valence-corrected chi connectivity index (χ2v) is 13.9. The molecule has 2 heterocycles. The average molecular weight is 743 g/mol. The molecule has 0 aliphatic heterocycles. The van der Waals surface area contributed by atoms with Crippen LogP contribution in [0.4, 0.5) is 0 Å². The van der Waals surface area contributed by atoms with Gasteiger partial charge in [0.05, 0.1) is 0 Å². The van der Waals surface area contributed by atoms with Crippen molar-refractivity contribution in [3.8, 4) is 90.6 Å². The third-order valence-electron chi connectivity index (χ3n) is 10.2. The van der Waals surface area contributed by atoms with Crippen LogP contribution in [0, 0.1) is 0 Å². The summed E-state index contributed by atoms with van der Waals surface area (Å²) in [6.07, 6.45) is 0. The molecule has 0 saturated heterocycles. The van der Waals surface area contributed by atoms with Crippen molar-refractivity contribution in [1.82, 2.24) is 29.9 Å². The number of rotatable bonds is 8. The smallest absolute Gasteiger partial charge is 0.164 e. The third kappa shape index (κ3) is 6.91. The van der Waals surface area contributed by atoms with Gasteiger partial charge in [0.15, 0.2) is 34.9 Å². The minimum atomic E-state index is 0.593. The summed E-state index contributed by atoms with van der Waals surface area (Å²) in [6, 6.07) is 70.1. The van der Waals surface area contributed by atoms with E-state index >= 15 is 0 Å². The van der Waals surface area contributed by atoms with E-state index in [1.807, 2.05) is 103 Å². The van der Waals surface area contributed by atoms with E-state index in [-0.39, 0.29) is 0 Å². The molecular formula is C52H34N6. The summed E-state index contributed by atoms with van der Waals surface area (Å²) < 4.78 is 0. The molecule has 0 bridgehead atoms. The summed E-state index contributed by atoms with van der Waals surface area (Å²) in [6.45, 7) is 0. The number of nitrogens with zero attached hydrogens (tertiary/aromatic N) is 6. The molecule has 0 saturated carbocycles. The van der Waals surface area contributed by atoms with Gasteiger partial charge in [-0.05, 0) is 51.2 Å². The van der Waals surface area contributed by atoms with E-state index in [4.69, 9.17) is 29.9 Å². The van der Waals surface area contributed by atoms with E-state index in [9.17, 15) is 0 Å². The van der Waals surface area contributed by atoms with Crippen molar-refractivity contribution in [3.05, 3.63) is 206 Å². The highest BCUT2D eigenvalue weighted by Crippen LogP contribution is 2.39. The van der Waals surface area contributed by atoms with Gasteiger partial charge in [0.2, 0.25) is 0 Å². The van der Waals surface area contributed by atoms with Gasteiger partial charge >= 0.3 is 0 Å². The molecule has 0 spiro atoms. The molecule has 0 radical (unpaired) electrons. The minimum Gasteiger partial charge on any atom is -0.208 e. The van der Waals surface area contributed by atoms with Crippen molar-refractivity contribution in [3.63, 3.8) is 0 Å². The normalized spacial score (nSPS) is 11.1. The topological polar surface area (TPSA) is 77.3 Å². The maximum Gasteiger partial charge on any atom is 0.164 e. The standard InChI is InChI=1S/C52H34N6/c1-5-18-36(19-6-1)46-34-41(31-32-45(46)52-56-47(37-20-7-2-8-21-37)53-48(57-52)38-22-9-3-10-23-38)43-27-15-16-28-44(43)51-55-49(39-24-11-4-12-25-39)54-50(58-51)42-30-29-35-17-13-14-26-40(35)33-42/h1-34H. The van der Waals surface area contributed by atoms with Crippen LogP contribution in [0.15, 0.2) is 206 Å². The number of benzene rings is 8. The van der Waals surface area contributed by atoms with Gasteiger partial charge in [0, 0.05) is 33.4 Å². The zero-order valence-electron chi connectivity index (χ0n) is 31.3. The molecule has 0 amide bonds. The third-order valence-corrected chi connectivity index (χ3v) is 10.2. The molecule has 6 nitrogen and oxygen atoms in total. The SMILES string of the molecule is c1ccc(-c2nc(-c3ccc4ccccc4c3)nc(-c3ccccc3-c3ccc(-c4nc(-c5ccccc5)nc(-c5ccccc5)n4)c(-c4ccccc4)c3)n2)cc1. The van der Waals surface area contributed by atoms with Crippen molar-refractivity contribution in [2.75, 3.05) is 0 Å². The van der Waals surface area contributed by atoms with Crippen LogP contribution in [0.25, 0.3) is 101 Å². The van der Waals surface area contributed by atoms with Gasteiger partial charge in [-0.1, -0.05) is 188 Å². The van der Waals surface area contributed by atoms with Crippen LogP contribution in [0.5, 0.6) is 0 Å². The Morgan fingerprint density at radius 1 is 0.190 bits per heavy atom.